The Balaban J connectivity index is 1.57. The van der Waals surface area contributed by atoms with E-state index in [1.54, 1.807) is 0 Å². The van der Waals surface area contributed by atoms with Crippen LogP contribution in [0.4, 0.5) is 10.5 Å². The number of benzene rings is 1. The first-order valence-corrected chi connectivity index (χ1v) is 10.7. The highest BCUT2D eigenvalue weighted by Gasteiger charge is 2.26. The molecule has 8 nitrogen and oxygen atoms in total. The highest BCUT2D eigenvalue weighted by atomic mass is 32.2. The van der Waals surface area contributed by atoms with Gasteiger partial charge < -0.3 is 5.32 Å². The second kappa shape index (κ2) is 6.63. The molecule has 1 aromatic heterocycles. The standard InChI is InChI=1S/C18H23N5O3S/c1-11(2)17-19-10-23(21-17)27(25,26)22-18(24)20-16-14-7-3-5-12(14)9-13-6-4-8-15(13)16/h9-11H,3-8H2,1-2H3,(H2,20,22,24). The zero-order valence-corrected chi connectivity index (χ0v) is 16.3. The molecule has 1 aromatic carbocycles. The fourth-order valence-electron chi connectivity index (χ4n) is 3.91. The second-order valence-corrected chi connectivity index (χ2v) is 8.95. The molecule has 0 saturated heterocycles. The Hall–Kier alpha value is -2.42. The number of hydrogen-bond donors (Lipinski definition) is 2. The number of amides is 2. The van der Waals surface area contributed by atoms with Crippen molar-refractivity contribution in [1.82, 2.24) is 18.9 Å². The molecule has 0 aliphatic heterocycles. The van der Waals surface area contributed by atoms with Crippen molar-refractivity contribution in [3.63, 3.8) is 0 Å². The van der Waals surface area contributed by atoms with Gasteiger partial charge in [-0.2, -0.15) is 8.42 Å². The smallest absolute Gasteiger partial charge is 0.307 e. The summed E-state index contributed by atoms with van der Waals surface area (Å²) in [4.78, 5) is 16.4. The maximum absolute atomic E-state index is 12.5. The molecule has 2 aromatic rings. The summed E-state index contributed by atoms with van der Waals surface area (Å²) < 4.78 is 27.6. The van der Waals surface area contributed by atoms with Gasteiger partial charge in [0, 0.05) is 11.6 Å². The Morgan fingerprint density at radius 3 is 2.30 bits per heavy atom. The first-order valence-electron chi connectivity index (χ1n) is 9.27. The number of anilines is 1. The highest BCUT2D eigenvalue weighted by molar-refractivity contribution is 7.88. The van der Waals surface area contributed by atoms with E-state index in [0.717, 1.165) is 61.7 Å². The predicted molar refractivity (Wildman–Crippen MR) is 101 cm³/mol. The number of aryl methyl sites for hydroxylation is 2. The summed E-state index contributed by atoms with van der Waals surface area (Å²) in [7, 11) is -4.14. The van der Waals surface area contributed by atoms with Gasteiger partial charge in [-0.3, -0.25) is 0 Å². The van der Waals surface area contributed by atoms with E-state index in [1.165, 1.54) is 11.1 Å². The fraction of sp³-hybridized carbons (Fsp3) is 0.500. The number of aromatic nitrogens is 3. The molecular formula is C18H23N5O3S. The Bertz CT molecular complexity index is 978. The van der Waals surface area contributed by atoms with Crippen LogP contribution in [-0.2, 0) is 35.9 Å². The van der Waals surface area contributed by atoms with Crippen molar-refractivity contribution in [2.24, 2.45) is 0 Å². The van der Waals surface area contributed by atoms with Crippen LogP contribution >= 0.6 is 0 Å². The third kappa shape index (κ3) is 3.31. The molecule has 0 radical (unpaired) electrons. The van der Waals surface area contributed by atoms with Gasteiger partial charge in [-0.05, 0) is 60.8 Å². The Morgan fingerprint density at radius 2 is 1.74 bits per heavy atom. The molecule has 0 bridgehead atoms. The molecule has 2 aliphatic carbocycles. The molecule has 4 rings (SSSR count). The number of nitrogens with one attached hydrogen (secondary N) is 2. The Kier molecular flexibility index (Phi) is 4.41. The molecule has 0 saturated carbocycles. The summed E-state index contributed by atoms with van der Waals surface area (Å²) in [5.41, 5.74) is 5.63. The van der Waals surface area contributed by atoms with Gasteiger partial charge in [0.25, 0.3) is 0 Å². The molecule has 0 fully saturated rings. The third-order valence-electron chi connectivity index (χ3n) is 5.19. The van der Waals surface area contributed by atoms with Crippen molar-refractivity contribution in [3.8, 4) is 0 Å². The van der Waals surface area contributed by atoms with Crippen LogP contribution in [0.2, 0.25) is 0 Å². The predicted octanol–water partition coefficient (Wildman–Crippen LogP) is 2.29. The van der Waals surface area contributed by atoms with Gasteiger partial charge in [0.15, 0.2) is 5.82 Å². The average molecular weight is 389 g/mol. The van der Waals surface area contributed by atoms with E-state index in [0.29, 0.717) is 9.91 Å². The molecule has 9 heteroatoms. The van der Waals surface area contributed by atoms with E-state index in [1.807, 2.05) is 18.6 Å². The average Bonchev–Trinajstić information content (AvgIpc) is 3.34. The molecule has 0 unspecified atom stereocenters. The lowest BCUT2D eigenvalue weighted by molar-refractivity contribution is 0.256. The second-order valence-electron chi connectivity index (χ2n) is 7.43. The number of carbonyl (C=O) groups is 1. The summed E-state index contributed by atoms with van der Waals surface area (Å²) in [5.74, 6) is 0.393. The quantitative estimate of drug-likeness (QED) is 0.834. The third-order valence-corrected chi connectivity index (χ3v) is 6.30. The zero-order chi connectivity index (χ0) is 19.2. The largest absolute Gasteiger partial charge is 0.347 e. The van der Waals surface area contributed by atoms with Crippen LogP contribution in [0, 0.1) is 0 Å². The highest BCUT2D eigenvalue weighted by Crippen LogP contribution is 2.38. The molecule has 0 atom stereocenters. The zero-order valence-electron chi connectivity index (χ0n) is 15.4. The normalized spacial score (nSPS) is 15.7. The van der Waals surface area contributed by atoms with Crippen LogP contribution in [0.25, 0.3) is 0 Å². The van der Waals surface area contributed by atoms with Crippen LogP contribution in [0.3, 0.4) is 0 Å². The van der Waals surface area contributed by atoms with Crippen molar-refractivity contribution in [1.29, 1.82) is 0 Å². The van der Waals surface area contributed by atoms with E-state index in [-0.39, 0.29) is 5.92 Å². The van der Waals surface area contributed by atoms with Crippen molar-refractivity contribution in [3.05, 3.63) is 40.5 Å². The number of carbonyl (C=O) groups excluding carboxylic acids is 1. The summed E-state index contributed by atoms with van der Waals surface area (Å²) in [6.07, 6.45) is 7.05. The van der Waals surface area contributed by atoms with E-state index in [2.05, 4.69) is 21.5 Å². The number of rotatable bonds is 4. The first-order chi connectivity index (χ1) is 12.8. The van der Waals surface area contributed by atoms with Crippen LogP contribution in [0.5, 0.6) is 0 Å². The van der Waals surface area contributed by atoms with Crippen LogP contribution in [0.1, 0.15) is 60.7 Å². The van der Waals surface area contributed by atoms with Crippen LogP contribution in [0.15, 0.2) is 12.4 Å². The lowest BCUT2D eigenvalue weighted by Gasteiger charge is -2.16. The number of hydrogen-bond acceptors (Lipinski definition) is 5. The summed E-state index contributed by atoms with van der Waals surface area (Å²) in [6.45, 7) is 3.73. The topological polar surface area (TPSA) is 106 Å². The van der Waals surface area contributed by atoms with E-state index in [9.17, 15) is 13.2 Å². The molecular weight excluding hydrogens is 366 g/mol. The monoisotopic (exact) mass is 389 g/mol. The fourth-order valence-corrected chi connectivity index (χ4v) is 4.65. The number of urea groups is 1. The lowest BCUT2D eigenvalue weighted by atomic mass is 9.99. The maximum Gasteiger partial charge on any atom is 0.347 e. The van der Waals surface area contributed by atoms with Crippen LogP contribution < -0.4 is 10.0 Å². The van der Waals surface area contributed by atoms with Crippen LogP contribution in [-0.4, -0.2) is 28.6 Å². The van der Waals surface area contributed by atoms with Gasteiger partial charge >= 0.3 is 16.2 Å². The molecule has 2 aliphatic rings. The Morgan fingerprint density at radius 1 is 1.11 bits per heavy atom. The van der Waals surface area contributed by atoms with Gasteiger partial charge in [0.1, 0.15) is 6.33 Å². The molecule has 144 valence electrons. The van der Waals surface area contributed by atoms with Gasteiger partial charge in [-0.25, -0.2) is 14.5 Å². The molecule has 27 heavy (non-hydrogen) atoms. The number of nitrogens with zero attached hydrogens (tertiary/aromatic N) is 3. The minimum atomic E-state index is -4.14. The van der Waals surface area contributed by atoms with Crippen molar-refractivity contribution in [2.45, 2.75) is 58.3 Å². The summed E-state index contributed by atoms with van der Waals surface area (Å²) >= 11 is 0. The maximum atomic E-state index is 12.5. The SMILES string of the molecule is CC(C)c1ncn(S(=O)(=O)NC(=O)Nc2c3c(cc4c2CCC4)CCC3)n1. The van der Waals surface area contributed by atoms with Gasteiger partial charge in [0.2, 0.25) is 0 Å². The Labute approximate surface area is 158 Å². The number of fused-ring (bicyclic) bond motifs is 2. The van der Waals surface area contributed by atoms with Crippen molar-refractivity contribution in [2.75, 3.05) is 5.32 Å². The molecule has 1 heterocycles. The van der Waals surface area contributed by atoms with E-state index in [4.69, 9.17) is 0 Å². The van der Waals surface area contributed by atoms with Gasteiger partial charge in [0.05, 0.1) is 0 Å². The van der Waals surface area contributed by atoms with Gasteiger partial charge in [-0.15, -0.1) is 9.19 Å². The van der Waals surface area contributed by atoms with Gasteiger partial charge in [-0.1, -0.05) is 19.9 Å². The minimum absolute atomic E-state index is 0.00947. The molecule has 2 N–H and O–H groups in total. The summed E-state index contributed by atoms with van der Waals surface area (Å²) in [6, 6.07) is 1.49. The minimum Gasteiger partial charge on any atom is -0.307 e. The van der Waals surface area contributed by atoms with E-state index < -0.39 is 16.2 Å². The molecule has 0 spiro atoms. The summed E-state index contributed by atoms with van der Waals surface area (Å²) in [5, 5.41) is 6.74. The lowest BCUT2D eigenvalue weighted by Crippen LogP contribution is -2.38. The van der Waals surface area contributed by atoms with E-state index >= 15 is 0 Å². The van der Waals surface area contributed by atoms with Crippen molar-refractivity contribution >= 4 is 21.9 Å². The first kappa shape index (κ1) is 18.0. The molecule has 2 amide bonds. The van der Waals surface area contributed by atoms with Crippen molar-refractivity contribution < 1.29 is 13.2 Å².